The number of sulfonamides is 1. The van der Waals surface area contributed by atoms with Crippen molar-refractivity contribution in [1.29, 1.82) is 0 Å². The van der Waals surface area contributed by atoms with Gasteiger partial charge in [0, 0.05) is 24.6 Å². The van der Waals surface area contributed by atoms with E-state index < -0.39 is 31.6 Å². The molecule has 0 saturated carbocycles. The molecule has 1 aliphatic rings. The highest BCUT2D eigenvalue weighted by atomic mass is 32.2. The van der Waals surface area contributed by atoms with Crippen LogP contribution in [0, 0.1) is 5.41 Å². The fourth-order valence-corrected chi connectivity index (χ4v) is 8.24. The van der Waals surface area contributed by atoms with Crippen LogP contribution in [0.25, 0.3) is 0 Å². The van der Waals surface area contributed by atoms with Gasteiger partial charge < -0.3 is 24.5 Å². The molecule has 5 N–H and O–H groups in total. The highest BCUT2D eigenvalue weighted by Crippen LogP contribution is 2.61. The second kappa shape index (κ2) is 12.8. The van der Waals surface area contributed by atoms with Gasteiger partial charge in [0.15, 0.2) is 19.9 Å². The van der Waals surface area contributed by atoms with E-state index >= 15 is 0 Å². The molecule has 11 nitrogen and oxygen atoms in total. The summed E-state index contributed by atoms with van der Waals surface area (Å²) in [6.45, 7) is 24.1. The number of rotatable bonds is 11. The minimum atomic E-state index is -3.79. The molecule has 1 aromatic carbocycles. The molecule has 1 aromatic heterocycles. The average Bonchev–Trinajstić information content (AvgIpc) is 3.10. The molecule has 3 rings (SSSR count). The first-order chi connectivity index (χ1) is 20.3. The number of nitrogens with one attached hydrogen (secondary N) is 2. The molecular weight excluding hydrogens is 631 g/mol. The van der Waals surface area contributed by atoms with Crippen LogP contribution in [-0.2, 0) is 30.9 Å². The molecular formula is C31H54N4O7PSSi+. The second-order valence-electron chi connectivity index (χ2n) is 15.6. The molecule has 0 radical (unpaired) electrons. The van der Waals surface area contributed by atoms with Crippen LogP contribution in [-0.4, -0.2) is 61.7 Å². The van der Waals surface area contributed by atoms with Crippen molar-refractivity contribution in [2.45, 2.75) is 105 Å². The molecule has 2 aromatic rings. The van der Waals surface area contributed by atoms with E-state index in [0.717, 1.165) is 12.7 Å². The Morgan fingerprint density at radius 2 is 1.67 bits per heavy atom. The first-order valence-corrected chi connectivity index (χ1v) is 21.7. The molecule has 2 heterocycles. The summed E-state index contributed by atoms with van der Waals surface area (Å²) in [5, 5.41) is 26.6. The third-order valence-electron chi connectivity index (χ3n) is 8.18. The maximum Gasteiger partial charge on any atom is 0.432 e. The van der Waals surface area contributed by atoms with Crippen molar-refractivity contribution in [2.75, 3.05) is 29.5 Å². The van der Waals surface area contributed by atoms with Crippen molar-refractivity contribution in [3.63, 3.8) is 0 Å². The molecule has 14 heteroatoms. The summed E-state index contributed by atoms with van der Waals surface area (Å²) in [4.78, 5) is 12.1. The minimum absolute atomic E-state index is 0.0210. The molecule has 45 heavy (non-hydrogen) atoms. The summed E-state index contributed by atoms with van der Waals surface area (Å²) < 4.78 is 45.1. The zero-order chi connectivity index (χ0) is 34.4. The fourth-order valence-electron chi connectivity index (χ4n) is 4.74. The van der Waals surface area contributed by atoms with E-state index in [4.69, 9.17) is 8.95 Å². The van der Waals surface area contributed by atoms with Gasteiger partial charge in [0.1, 0.15) is 5.56 Å². The first-order valence-electron chi connectivity index (χ1n) is 15.3. The van der Waals surface area contributed by atoms with Crippen molar-refractivity contribution in [2.24, 2.45) is 10.2 Å². The summed E-state index contributed by atoms with van der Waals surface area (Å²) in [6.07, 6.45) is 2.29. The van der Waals surface area contributed by atoms with Gasteiger partial charge in [0.25, 0.3) is 0 Å². The van der Waals surface area contributed by atoms with Crippen LogP contribution in [0.2, 0.25) is 18.1 Å². The van der Waals surface area contributed by atoms with Gasteiger partial charge in [0.2, 0.25) is 21.2 Å². The molecule has 1 atom stereocenters. The van der Waals surface area contributed by atoms with E-state index in [2.05, 4.69) is 69.4 Å². The van der Waals surface area contributed by atoms with Gasteiger partial charge in [-0.05, 0) is 53.3 Å². The Morgan fingerprint density at radius 1 is 1.04 bits per heavy atom. The van der Waals surface area contributed by atoms with Crippen LogP contribution in [0.3, 0.4) is 0 Å². The van der Waals surface area contributed by atoms with Crippen LogP contribution in [0.15, 0.2) is 23.0 Å². The predicted molar refractivity (Wildman–Crippen MR) is 188 cm³/mol. The third-order valence-corrected chi connectivity index (χ3v) is 15.3. The molecule has 0 amide bonds. The Hall–Kier alpha value is -2.15. The number of aromatic nitrogens is 1. The number of hydrogen-bond donors (Lipinski definition) is 5. The SMILES string of the molecule is CC(C)(C)CCn1c(O)c(C2=N[P+](O)(OCCCO[Si](C)(C)C(C)(C)C)c3cc(NS(C)(=O)=O)ccc3N2)c(O)c1C(C)(C)C. The van der Waals surface area contributed by atoms with Crippen molar-refractivity contribution in [3.05, 3.63) is 29.5 Å². The maximum atomic E-state index is 12.1. The zero-order valence-electron chi connectivity index (χ0n) is 29.0. The minimum Gasteiger partial charge on any atom is -0.505 e. The van der Waals surface area contributed by atoms with Crippen molar-refractivity contribution in [1.82, 2.24) is 4.57 Å². The fraction of sp³-hybridized carbons (Fsp3) is 0.645. The quantitative estimate of drug-likeness (QED) is 0.0997. The van der Waals surface area contributed by atoms with Gasteiger partial charge in [-0.2, -0.15) is 9.42 Å². The molecule has 0 bridgehead atoms. The van der Waals surface area contributed by atoms with Gasteiger partial charge in [-0.1, -0.05) is 62.3 Å². The summed E-state index contributed by atoms with van der Waals surface area (Å²) >= 11 is 0. The smallest absolute Gasteiger partial charge is 0.432 e. The van der Waals surface area contributed by atoms with Gasteiger partial charge >= 0.3 is 7.87 Å². The Kier molecular flexibility index (Phi) is 10.6. The Labute approximate surface area is 271 Å². The van der Waals surface area contributed by atoms with Crippen molar-refractivity contribution < 1.29 is 32.5 Å². The van der Waals surface area contributed by atoms with E-state index in [1.54, 1.807) is 16.7 Å². The zero-order valence-corrected chi connectivity index (χ0v) is 31.7. The Bertz CT molecular complexity index is 1540. The summed E-state index contributed by atoms with van der Waals surface area (Å²) in [7, 11) is -9.36. The maximum absolute atomic E-state index is 12.1. The number of aromatic hydroxyl groups is 2. The standard InChI is InChI=1S/C31H53N4O7PSSi/c1-29(2,3)16-17-35-26(30(4,5)6)25(36)24(28(35)37)27-32-22-15-14-21(34-44(10,39)40)20-23(22)43(38,33-27)41-18-13-19-42-45(11,12)31(7,8)9/h14-15,20,34,38H,13,16-19H2,1-12H3,(H2-,32,33,36,37)/p+1. The van der Waals surface area contributed by atoms with Gasteiger partial charge in [0.05, 0.1) is 29.9 Å². The predicted octanol–water partition coefficient (Wildman–Crippen LogP) is 6.69. The van der Waals surface area contributed by atoms with Gasteiger partial charge in [-0.3, -0.25) is 4.72 Å². The summed E-state index contributed by atoms with van der Waals surface area (Å²) in [5.74, 6) is -0.232. The van der Waals surface area contributed by atoms with E-state index in [-0.39, 0.29) is 51.1 Å². The number of amidine groups is 1. The third kappa shape index (κ3) is 9.02. The van der Waals surface area contributed by atoms with E-state index in [1.807, 2.05) is 20.8 Å². The number of nitrogens with zero attached hydrogens (tertiary/aromatic N) is 2. The number of fused-ring (bicyclic) bond motifs is 1. The molecule has 0 fully saturated rings. The lowest BCUT2D eigenvalue weighted by atomic mass is 9.89. The average molecular weight is 686 g/mol. The number of anilines is 2. The van der Waals surface area contributed by atoms with E-state index in [0.29, 0.717) is 31.0 Å². The highest BCUT2D eigenvalue weighted by molar-refractivity contribution is 7.92. The van der Waals surface area contributed by atoms with Crippen molar-refractivity contribution in [3.8, 4) is 11.6 Å². The normalized spacial score (nSPS) is 17.9. The highest BCUT2D eigenvalue weighted by Gasteiger charge is 2.50. The van der Waals surface area contributed by atoms with Crippen LogP contribution in [0.5, 0.6) is 11.6 Å². The summed E-state index contributed by atoms with van der Waals surface area (Å²) in [5.41, 5.74) is 0.740. The van der Waals surface area contributed by atoms with Crippen LogP contribution >= 0.6 is 7.87 Å². The molecule has 1 unspecified atom stereocenters. The lowest BCUT2D eigenvalue weighted by Crippen LogP contribution is -2.41. The topological polar surface area (TPSA) is 155 Å². The largest absolute Gasteiger partial charge is 0.505 e. The lowest BCUT2D eigenvalue weighted by molar-refractivity contribution is 0.229. The van der Waals surface area contributed by atoms with Crippen LogP contribution in [0.4, 0.5) is 11.4 Å². The number of benzene rings is 1. The van der Waals surface area contributed by atoms with Crippen LogP contribution in [0.1, 0.15) is 86.4 Å². The van der Waals surface area contributed by atoms with Crippen molar-refractivity contribution >= 4 is 48.7 Å². The molecule has 0 spiro atoms. The Morgan fingerprint density at radius 3 is 2.20 bits per heavy atom. The lowest BCUT2D eigenvalue weighted by Gasteiger charge is -2.36. The molecule has 1 aliphatic heterocycles. The molecule has 0 aliphatic carbocycles. The van der Waals surface area contributed by atoms with Crippen LogP contribution < -0.4 is 15.3 Å². The first kappa shape index (κ1) is 37.3. The second-order valence-corrected chi connectivity index (χ2v) is 24.2. The number of hydrogen-bond acceptors (Lipinski definition) is 9. The monoisotopic (exact) mass is 685 g/mol. The van der Waals surface area contributed by atoms with E-state index in [9.17, 15) is 23.5 Å². The van der Waals surface area contributed by atoms with Gasteiger partial charge in [-0.15, -0.1) is 0 Å². The molecule has 254 valence electrons. The summed E-state index contributed by atoms with van der Waals surface area (Å²) in [6, 6.07) is 4.67. The van der Waals surface area contributed by atoms with E-state index in [1.165, 1.54) is 6.07 Å². The Balaban J connectivity index is 2.07. The molecule has 0 saturated heterocycles. The van der Waals surface area contributed by atoms with Gasteiger partial charge in [-0.25, -0.2) is 8.42 Å².